The largest absolute Gasteiger partial charge is 0.381 e. The van der Waals surface area contributed by atoms with Gasteiger partial charge in [-0.1, -0.05) is 11.3 Å². The molecule has 8 heteroatoms. The summed E-state index contributed by atoms with van der Waals surface area (Å²) in [6.45, 7) is 2.67. The minimum absolute atomic E-state index is 0.350. The predicted octanol–water partition coefficient (Wildman–Crippen LogP) is 0.937. The molecule has 2 atom stereocenters. The van der Waals surface area contributed by atoms with Crippen LogP contribution in [0.25, 0.3) is 4.96 Å². The molecule has 1 N–H and O–H groups in total. The molecule has 2 aromatic heterocycles. The van der Waals surface area contributed by atoms with E-state index in [0.29, 0.717) is 12.0 Å². The van der Waals surface area contributed by atoms with Crippen LogP contribution in [0.1, 0.15) is 23.2 Å². The fourth-order valence-electron chi connectivity index (χ4n) is 2.71. The monoisotopic (exact) mass is 311 g/mol. The third-order valence-corrected chi connectivity index (χ3v) is 5.82. The summed E-state index contributed by atoms with van der Waals surface area (Å²) in [7, 11) is 0. The molecule has 0 aromatic carbocycles. The molecule has 6 nitrogen and oxygen atoms in total. The Balaban J connectivity index is 1.55. The van der Waals surface area contributed by atoms with Gasteiger partial charge >= 0.3 is 0 Å². The molecule has 0 radical (unpaired) electrons. The molecule has 2 aromatic rings. The number of nitrogens with one attached hydrogen (secondary N) is 1. The minimum atomic E-state index is 0.350. The lowest BCUT2D eigenvalue weighted by molar-refractivity contribution is 0.193. The van der Waals surface area contributed by atoms with Gasteiger partial charge in [0.05, 0.1) is 6.61 Å². The third kappa shape index (κ3) is 2.45. The Morgan fingerprint density at radius 2 is 2.40 bits per heavy atom. The van der Waals surface area contributed by atoms with Gasteiger partial charge in [0.25, 0.3) is 0 Å². The van der Waals surface area contributed by atoms with Gasteiger partial charge < -0.3 is 10.1 Å². The average molecular weight is 311 g/mol. The fourth-order valence-corrected chi connectivity index (χ4v) is 4.58. The van der Waals surface area contributed by atoms with Crippen molar-refractivity contribution < 1.29 is 4.74 Å². The Kier molecular flexibility index (Phi) is 3.63. The van der Waals surface area contributed by atoms with E-state index in [0.717, 1.165) is 48.4 Å². The van der Waals surface area contributed by atoms with Gasteiger partial charge in [0, 0.05) is 43.0 Å². The molecule has 4 heterocycles. The van der Waals surface area contributed by atoms with Gasteiger partial charge in [0.15, 0.2) is 5.82 Å². The summed E-state index contributed by atoms with van der Waals surface area (Å²) in [6, 6.07) is 0.538. The summed E-state index contributed by atoms with van der Waals surface area (Å²) in [6.07, 6.45) is 2.01. The Bertz CT molecular complexity index is 586. The maximum atomic E-state index is 5.44. The van der Waals surface area contributed by atoms with Gasteiger partial charge in [0.2, 0.25) is 4.96 Å². The summed E-state index contributed by atoms with van der Waals surface area (Å²) in [5.74, 6) is 3.70. The normalized spacial score (nSPS) is 27.4. The number of aromatic nitrogens is 4. The van der Waals surface area contributed by atoms with Crippen LogP contribution in [0.2, 0.25) is 0 Å². The van der Waals surface area contributed by atoms with Gasteiger partial charge in [-0.3, -0.25) is 0 Å². The molecule has 0 spiro atoms. The van der Waals surface area contributed by atoms with Crippen molar-refractivity contribution in [3.8, 4) is 0 Å². The molecule has 0 amide bonds. The molecule has 2 aliphatic heterocycles. The molecule has 108 valence electrons. The summed E-state index contributed by atoms with van der Waals surface area (Å²) in [5.41, 5.74) is 0. The number of hydrogen-bond donors (Lipinski definition) is 1. The smallest absolute Gasteiger partial charge is 0.234 e. The van der Waals surface area contributed by atoms with E-state index < -0.39 is 0 Å². The van der Waals surface area contributed by atoms with Crippen molar-refractivity contribution in [2.75, 3.05) is 31.3 Å². The highest BCUT2D eigenvalue weighted by Crippen LogP contribution is 2.26. The SMILES string of the molecule is C1CSCC(Cc2nn3c(C4CCOC4)nnc3s2)N1. The van der Waals surface area contributed by atoms with Crippen LogP contribution in [-0.4, -0.2) is 57.1 Å². The highest BCUT2D eigenvalue weighted by molar-refractivity contribution is 7.99. The van der Waals surface area contributed by atoms with Crippen molar-refractivity contribution in [3.63, 3.8) is 0 Å². The van der Waals surface area contributed by atoms with Crippen molar-refractivity contribution in [1.82, 2.24) is 25.1 Å². The minimum Gasteiger partial charge on any atom is -0.381 e. The van der Waals surface area contributed by atoms with Crippen molar-refractivity contribution in [2.24, 2.45) is 0 Å². The van der Waals surface area contributed by atoms with Crippen molar-refractivity contribution in [2.45, 2.75) is 24.8 Å². The second-order valence-corrected chi connectivity index (χ2v) is 7.43. The predicted molar refractivity (Wildman–Crippen MR) is 79.7 cm³/mol. The zero-order valence-corrected chi connectivity index (χ0v) is 12.8. The second-order valence-electron chi connectivity index (χ2n) is 5.24. The van der Waals surface area contributed by atoms with E-state index in [1.807, 2.05) is 16.3 Å². The first-order chi connectivity index (χ1) is 9.90. The van der Waals surface area contributed by atoms with Crippen molar-refractivity contribution in [1.29, 1.82) is 0 Å². The first kappa shape index (κ1) is 13.0. The number of rotatable bonds is 3. The zero-order chi connectivity index (χ0) is 13.4. The van der Waals surface area contributed by atoms with Crippen LogP contribution in [0.15, 0.2) is 0 Å². The fraction of sp³-hybridized carbons (Fsp3) is 0.750. The number of thioether (sulfide) groups is 1. The second kappa shape index (κ2) is 5.59. The van der Waals surface area contributed by atoms with Gasteiger partial charge in [-0.2, -0.15) is 21.4 Å². The van der Waals surface area contributed by atoms with Gasteiger partial charge in [0.1, 0.15) is 5.01 Å². The Hall–Kier alpha value is -0.700. The van der Waals surface area contributed by atoms with Crippen LogP contribution in [0, 0.1) is 0 Å². The summed E-state index contributed by atoms with van der Waals surface area (Å²) in [5, 5.41) is 18.0. The van der Waals surface area contributed by atoms with Gasteiger partial charge in [-0.15, -0.1) is 10.2 Å². The molecule has 2 saturated heterocycles. The Morgan fingerprint density at radius 3 is 3.20 bits per heavy atom. The summed E-state index contributed by atoms with van der Waals surface area (Å²) >= 11 is 3.68. The van der Waals surface area contributed by atoms with E-state index in [1.54, 1.807) is 11.3 Å². The molecule has 0 aliphatic carbocycles. The van der Waals surface area contributed by atoms with E-state index in [1.165, 1.54) is 11.5 Å². The Labute approximate surface area is 125 Å². The molecule has 4 rings (SSSR count). The molecular formula is C12H17N5OS2. The first-order valence-electron chi connectivity index (χ1n) is 7.00. The lowest BCUT2D eigenvalue weighted by Gasteiger charge is -2.21. The number of nitrogens with zero attached hydrogens (tertiary/aromatic N) is 4. The molecular weight excluding hydrogens is 294 g/mol. The highest BCUT2D eigenvalue weighted by atomic mass is 32.2. The van der Waals surface area contributed by atoms with Gasteiger partial charge in [-0.05, 0) is 6.42 Å². The van der Waals surface area contributed by atoms with Crippen molar-refractivity contribution in [3.05, 3.63) is 10.8 Å². The Morgan fingerprint density at radius 1 is 1.40 bits per heavy atom. The molecule has 2 fully saturated rings. The molecule has 2 aliphatic rings. The van der Waals surface area contributed by atoms with E-state index in [4.69, 9.17) is 9.84 Å². The van der Waals surface area contributed by atoms with Crippen LogP contribution in [0.4, 0.5) is 0 Å². The standard InChI is InChI=1S/C12H17N5OS2/c1-3-18-6-8(1)11-14-15-12-17(11)16-10(20-12)5-9-7-19-4-2-13-9/h8-9,13H,1-7H2. The van der Waals surface area contributed by atoms with Crippen LogP contribution in [0.3, 0.4) is 0 Å². The van der Waals surface area contributed by atoms with E-state index in [2.05, 4.69) is 15.5 Å². The quantitative estimate of drug-likeness (QED) is 0.910. The molecule has 0 bridgehead atoms. The van der Waals surface area contributed by atoms with Crippen LogP contribution in [-0.2, 0) is 11.2 Å². The van der Waals surface area contributed by atoms with Crippen molar-refractivity contribution >= 4 is 28.1 Å². The molecule has 20 heavy (non-hydrogen) atoms. The van der Waals surface area contributed by atoms with Crippen LogP contribution in [0.5, 0.6) is 0 Å². The lowest BCUT2D eigenvalue weighted by Crippen LogP contribution is -2.38. The van der Waals surface area contributed by atoms with E-state index >= 15 is 0 Å². The molecule has 2 unspecified atom stereocenters. The topological polar surface area (TPSA) is 64.3 Å². The van der Waals surface area contributed by atoms with E-state index in [-0.39, 0.29) is 0 Å². The van der Waals surface area contributed by atoms with Crippen LogP contribution >= 0.6 is 23.1 Å². The number of ether oxygens (including phenoxy) is 1. The third-order valence-electron chi connectivity index (χ3n) is 3.77. The summed E-state index contributed by atoms with van der Waals surface area (Å²) in [4.78, 5) is 0.908. The summed E-state index contributed by atoms with van der Waals surface area (Å²) < 4.78 is 7.37. The molecule has 0 saturated carbocycles. The number of hydrogen-bond acceptors (Lipinski definition) is 7. The van der Waals surface area contributed by atoms with E-state index in [9.17, 15) is 0 Å². The lowest BCUT2D eigenvalue weighted by atomic mass is 10.1. The average Bonchev–Trinajstić information content (AvgIpc) is 3.15. The highest BCUT2D eigenvalue weighted by Gasteiger charge is 2.25. The number of fused-ring (bicyclic) bond motifs is 1. The maximum absolute atomic E-state index is 5.44. The van der Waals surface area contributed by atoms with Crippen LogP contribution < -0.4 is 5.32 Å². The first-order valence-corrected chi connectivity index (χ1v) is 8.97. The maximum Gasteiger partial charge on any atom is 0.234 e. The zero-order valence-electron chi connectivity index (χ0n) is 11.1. The van der Waals surface area contributed by atoms with Gasteiger partial charge in [-0.25, -0.2) is 0 Å².